The minimum Gasteiger partial charge on any atom is -0.398 e. The van der Waals surface area contributed by atoms with E-state index in [9.17, 15) is 4.79 Å². The molecule has 0 aromatic heterocycles. The largest absolute Gasteiger partial charge is 0.398 e. The van der Waals surface area contributed by atoms with Gasteiger partial charge in [-0.25, -0.2) is 0 Å². The number of anilines is 2. The van der Waals surface area contributed by atoms with Gasteiger partial charge in [0.25, 0.3) is 5.91 Å². The number of nitrogen functional groups attached to an aromatic ring is 1. The zero-order valence-electron chi connectivity index (χ0n) is 9.58. The van der Waals surface area contributed by atoms with E-state index < -0.39 is 0 Å². The van der Waals surface area contributed by atoms with Crippen LogP contribution in [0.1, 0.15) is 10.4 Å². The highest BCUT2D eigenvalue weighted by atomic mass is 35.5. The summed E-state index contributed by atoms with van der Waals surface area (Å²) >= 11 is 17.6. The number of hydrogen-bond donors (Lipinski definition) is 2. The number of halogens is 3. The maximum absolute atomic E-state index is 12.0. The van der Waals surface area contributed by atoms with E-state index in [1.54, 1.807) is 30.3 Å². The van der Waals surface area contributed by atoms with E-state index in [4.69, 9.17) is 40.5 Å². The molecule has 0 saturated heterocycles. The van der Waals surface area contributed by atoms with Crippen molar-refractivity contribution in [3.05, 3.63) is 57.0 Å². The first-order valence-electron chi connectivity index (χ1n) is 5.29. The Labute approximate surface area is 125 Å². The summed E-state index contributed by atoms with van der Waals surface area (Å²) in [6, 6.07) is 9.46. The summed E-state index contributed by atoms with van der Waals surface area (Å²) in [6.45, 7) is 0. The molecule has 2 aromatic rings. The lowest BCUT2D eigenvalue weighted by atomic mass is 10.2. The van der Waals surface area contributed by atoms with Crippen LogP contribution < -0.4 is 11.1 Å². The lowest BCUT2D eigenvalue weighted by molar-refractivity contribution is 0.102. The number of hydrogen-bond acceptors (Lipinski definition) is 2. The van der Waals surface area contributed by atoms with Gasteiger partial charge in [0, 0.05) is 10.6 Å². The number of amides is 1. The molecule has 6 heteroatoms. The van der Waals surface area contributed by atoms with Crippen molar-refractivity contribution in [2.24, 2.45) is 0 Å². The number of rotatable bonds is 2. The quantitative estimate of drug-likeness (QED) is 0.803. The molecule has 0 heterocycles. The van der Waals surface area contributed by atoms with Gasteiger partial charge >= 0.3 is 0 Å². The summed E-state index contributed by atoms with van der Waals surface area (Å²) in [6.07, 6.45) is 0. The van der Waals surface area contributed by atoms with Crippen LogP contribution in [0.4, 0.5) is 11.4 Å². The van der Waals surface area contributed by atoms with Crippen molar-refractivity contribution in [1.29, 1.82) is 0 Å². The fourth-order valence-electron chi connectivity index (χ4n) is 1.45. The second kappa shape index (κ2) is 5.70. The fourth-order valence-corrected chi connectivity index (χ4v) is 2.09. The molecule has 0 saturated carbocycles. The molecule has 0 spiro atoms. The number of nitrogens with two attached hydrogens (primary N) is 1. The molecule has 1 amide bonds. The van der Waals surface area contributed by atoms with Crippen LogP contribution in [0.15, 0.2) is 36.4 Å². The zero-order chi connectivity index (χ0) is 14.0. The molecule has 2 rings (SSSR count). The molecule has 0 unspecified atom stereocenters. The molecule has 0 fully saturated rings. The van der Waals surface area contributed by atoms with E-state index in [0.717, 1.165) is 0 Å². The van der Waals surface area contributed by atoms with E-state index in [-0.39, 0.29) is 5.91 Å². The Balaban J connectivity index is 2.23. The Morgan fingerprint density at radius 1 is 1.00 bits per heavy atom. The Morgan fingerprint density at radius 2 is 1.74 bits per heavy atom. The maximum Gasteiger partial charge on any atom is 0.255 e. The van der Waals surface area contributed by atoms with Gasteiger partial charge in [-0.15, -0.1) is 0 Å². The first kappa shape index (κ1) is 14.0. The Hall–Kier alpha value is -1.42. The van der Waals surface area contributed by atoms with E-state index in [2.05, 4.69) is 5.32 Å². The van der Waals surface area contributed by atoms with E-state index in [1.807, 2.05) is 0 Å². The van der Waals surface area contributed by atoms with Gasteiger partial charge in [-0.05, 0) is 36.4 Å². The van der Waals surface area contributed by atoms with Crippen molar-refractivity contribution in [1.82, 2.24) is 0 Å². The molecule has 3 N–H and O–H groups in total. The number of carbonyl (C=O) groups is 1. The smallest absolute Gasteiger partial charge is 0.255 e. The van der Waals surface area contributed by atoms with E-state index in [1.165, 1.54) is 6.07 Å². The van der Waals surface area contributed by atoms with Gasteiger partial charge in [-0.3, -0.25) is 4.79 Å². The van der Waals surface area contributed by atoms with Gasteiger partial charge < -0.3 is 11.1 Å². The minimum absolute atomic E-state index is 0.328. The summed E-state index contributed by atoms with van der Waals surface area (Å²) in [5.74, 6) is -0.328. The van der Waals surface area contributed by atoms with Crippen LogP contribution in [-0.2, 0) is 0 Å². The first-order chi connectivity index (χ1) is 8.97. The second-order valence-corrected chi connectivity index (χ2v) is 5.07. The third-order valence-corrected chi connectivity index (χ3v) is 3.32. The van der Waals surface area contributed by atoms with Crippen LogP contribution in [0, 0.1) is 0 Å². The predicted molar refractivity (Wildman–Crippen MR) is 80.3 cm³/mol. The SMILES string of the molecule is Nc1ccc(C(=O)Nc2ccc(Cl)cc2Cl)cc1Cl. The number of nitrogens with one attached hydrogen (secondary N) is 1. The third-order valence-electron chi connectivity index (χ3n) is 2.44. The van der Waals surface area contributed by atoms with Crippen molar-refractivity contribution < 1.29 is 4.79 Å². The average Bonchev–Trinajstić information content (AvgIpc) is 2.36. The molecule has 0 radical (unpaired) electrons. The van der Waals surface area contributed by atoms with Crippen LogP contribution in [0.5, 0.6) is 0 Å². The molecule has 0 aliphatic carbocycles. The van der Waals surface area contributed by atoms with Gasteiger partial charge in [-0.2, -0.15) is 0 Å². The lowest BCUT2D eigenvalue weighted by Crippen LogP contribution is -2.12. The molecule has 0 aliphatic heterocycles. The second-order valence-electron chi connectivity index (χ2n) is 3.81. The van der Waals surface area contributed by atoms with Crippen molar-refractivity contribution in [2.45, 2.75) is 0 Å². The summed E-state index contributed by atoms with van der Waals surface area (Å²) in [4.78, 5) is 12.0. The predicted octanol–water partition coefficient (Wildman–Crippen LogP) is 4.48. The Kier molecular flexibility index (Phi) is 4.20. The van der Waals surface area contributed by atoms with Crippen molar-refractivity contribution >= 4 is 52.1 Å². The van der Waals surface area contributed by atoms with E-state index in [0.29, 0.717) is 32.0 Å². The van der Waals surface area contributed by atoms with Crippen LogP contribution in [0.3, 0.4) is 0 Å². The summed E-state index contributed by atoms with van der Waals surface area (Å²) < 4.78 is 0. The maximum atomic E-state index is 12.0. The highest BCUT2D eigenvalue weighted by molar-refractivity contribution is 6.37. The lowest BCUT2D eigenvalue weighted by Gasteiger charge is -2.08. The van der Waals surface area contributed by atoms with Gasteiger partial charge in [0.05, 0.1) is 21.4 Å². The zero-order valence-corrected chi connectivity index (χ0v) is 11.9. The van der Waals surface area contributed by atoms with Crippen LogP contribution in [0.25, 0.3) is 0 Å². The van der Waals surface area contributed by atoms with Gasteiger partial charge in [-0.1, -0.05) is 34.8 Å². The molecule has 3 nitrogen and oxygen atoms in total. The van der Waals surface area contributed by atoms with Crippen LogP contribution in [0.2, 0.25) is 15.1 Å². The number of carbonyl (C=O) groups excluding carboxylic acids is 1. The normalized spacial score (nSPS) is 10.3. The van der Waals surface area contributed by atoms with E-state index >= 15 is 0 Å². The molecule has 0 atom stereocenters. The summed E-state index contributed by atoms with van der Waals surface area (Å²) in [5, 5.41) is 3.86. The molecule has 98 valence electrons. The van der Waals surface area contributed by atoms with Gasteiger partial charge in [0.1, 0.15) is 0 Å². The monoisotopic (exact) mass is 314 g/mol. The van der Waals surface area contributed by atoms with Crippen molar-refractivity contribution in [3.8, 4) is 0 Å². The van der Waals surface area contributed by atoms with Gasteiger partial charge in [0.15, 0.2) is 0 Å². The fraction of sp³-hybridized carbons (Fsp3) is 0. The molecule has 19 heavy (non-hydrogen) atoms. The molecular weight excluding hydrogens is 307 g/mol. The van der Waals surface area contributed by atoms with Gasteiger partial charge in [0.2, 0.25) is 0 Å². The van der Waals surface area contributed by atoms with Crippen molar-refractivity contribution in [3.63, 3.8) is 0 Å². The molecule has 0 aliphatic rings. The molecule has 0 bridgehead atoms. The summed E-state index contributed by atoms with van der Waals surface area (Å²) in [5.41, 5.74) is 6.87. The Bertz CT molecular complexity index is 644. The summed E-state index contributed by atoms with van der Waals surface area (Å²) in [7, 11) is 0. The van der Waals surface area contributed by atoms with Crippen LogP contribution >= 0.6 is 34.8 Å². The molecular formula is C13H9Cl3N2O. The third kappa shape index (κ3) is 3.32. The highest BCUT2D eigenvalue weighted by Crippen LogP contribution is 2.26. The Morgan fingerprint density at radius 3 is 2.37 bits per heavy atom. The standard InChI is InChI=1S/C13H9Cl3N2O/c14-8-2-4-12(10(16)6-8)18-13(19)7-1-3-11(17)9(15)5-7/h1-6H,17H2,(H,18,19). The minimum atomic E-state index is -0.328. The van der Waals surface area contributed by atoms with Crippen molar-refractivity contribution in [2.75, 3.05) is 11.1 Å². The molecule has 2 aromatic carbocycles. The number of benzene rings is 2. The first-order valence-corrected chi connectivity index (χ1v) is 6.42. The van der Waals surface area contributed by atoms with Crippen LogP contribution in [-0.4, -0.2) is 5.91 Å². The average molecular weight is 316 g/mol. The highest BCUT2D eigenvalue weighted by Gasteiger charge is 2.10. The topological polar surface area (TPSA) is 55.1 Å².